The lowest BCUT2D eigenvalue weighted by molar-refractivity contribution is -0.135. The van der Waals surface area contributed by atoms with E-state index in [0.717, 1.165) is 0 Å². The number of carboxylic acids is 1. The average Bonchev–Trinajstić information content (AvgIpc) is 2.86. The highest BCUT2D eigenvalue weighted by atomic mass is 16.5. The Morgan fingerprint density at radius 2 is 2.10 bits per heavy atom. The standard InChI is InChI=1S/C12H14N2O6/c1-2-14-7-5-20-4-6(7)10(17)9(12(14)19)11(18)13-3-8(15)16/h17H,2-5H2,1H3,(H,13,18)(H,15,16). The van der Waals surface area contributed by atoms with Gasteiger partial charge in [-0.3, -0.25) is 14.4 Å². The highest BCUT2D eigenvalue weighted by Gasteiger charge is 2.28. The van der Waals surface area contributed by atoms with Crippen molar-refractivity contribution in [1.82, 2.24) is 9.88 Å². The van der Waals surface area contributed by atoms with Crippen molar-refractivity contribution in [3.8, 4) is 5.75 Å². The summed E-state index contributed by atoms with van der Waals surface area (Å²) in [5.41, 5.74) is -0.161. The number of pyridine rings is 1. The number of nitrogens with one attached hydrogen (secondary N) is 1. The van der Waals surface area contributed by atoms with Crippen molar-refractivity contribution < 1.29 is 24.5 Å². The summed E-state index contributed by atoms with van der Waals surface area (Å²) in [6.07, 6.45) is 0. The molecule has 1 aliphatic rings. The predicted molar refractivity (Wildman–Crippen MR) is 66.5 cm³/mol. The summed E-state index contributed by atoms with van der Waals surface area (Å²) in [6, 6.07) is 0. The quantitative estimate of drug-likeness (QED) is 0.680. The molecule has 2 heterocycles. The van der Waals surface area contributed by atoms with Gasteiger partial charge in [-0.2, -0.15) is 0 Å². The van der Waals surface area contributed by atoms with Crippen molar-refractivity contribution in [2.45, 2.75) is 26.7 Å². The number of hydrogen-bond donors (Lipinski definition) is 3. The van der Waals surface area contributed by atoms with Crippen LogP contribution in [0, 0.1) is 0 Å². The van der Waals surface area contributed by atoms with Crippen LogP contribution in [0.15, 0.2) is 4.79 Å². The van der Waals surface area contributed by atoms with Crippen molar-refractivity contribution in [3.63, 3.8) is 0 Å². The highest BCUT2D eigenvalue weighted by molar-refractivity contribution is 5.98. The van der Waals surface area contributed by atoms with E-state index >= 15 is 0 Å². The third-order valence-electron chi connectivity index (χ3n) is 3.08. The van der Waals surface area contributed by atoms with E-state index in [-0.39, 0.29) is 13.2 Å². The van der Waals surface area contributed by atoms with Crippen LogP contribution in [-0.2, 0) is 29.3 Å². The number of aromatic nitrogens is 1. The second-order valence-electron chi connectivity index (χ2n) is 4.27. The lowest BCUT2D eigenvalue weighted by Gasteiger charge is -2.13. The third-order valence-corrected chi connectivity index (χ3v) is 3.08. The van der Waals surface area contributed by atoms with Crippen molar-refractivity contribution >= 4 is 11.9 Å². The molecule has 0 spiro atoms. The third kappa shape index (κ3) is 2.25. The zero-order valence-electron chi connectivity index (χ0n) is 10.8. The van der Waals surface area contributed by atoms with E-state index in [1.807, 2.05) is 0 Å². The van der Waals surface area contributed by atoms with Crippen LogP contribution in [0.4, 0.5) is 0 Å². The monoisotopic (exact) mass is 282 g/mol. The first kappa shape index (κ1) is 14.1. The first-order valence-electron chi connectivity index (χ1n) is 6.02. The molecule has 1 aromatic heterocycles. The summed E-state index contributed by atoms with van der Waals surface area (Å²) < 4.78 is 6.53. The molecule has 0 atom stereocenters. The molecule has 3 N–H and O–H groups in total. The minimum Gasteiger partial charge on any atom is -0.506 e. The average molecular weight is 282 g/mol. The molecule has 8 nitrogen and oxygen atoms in total. The fourth-order valence-corrected chi connectivity index (χ4v) is 2.16. The van der Waals surface area contributed by atoms with Crippen LogP contribution in [0.5, 0.6) is 5.75 Å². The Morgan fingerprint density at radius 1 is 1.40 bits per heavy atom. The van der Waals surface area contributed by atoms with Gasteiger partial charge in [0.25, 0.3) is 11.5 Å². The second-order valence-corrected chi connectivity index (χ2v) is 4.27. The van der Waals surface area contributed by atoms with E-state index in [1.165, 1.54) is 4.57 Å². The van der Waals surface area contributed by atoms with Crippen molar-refractivity contribution in [3.05, 3.63) is 27.2 Å². The van der Waals surface area contributed by atoms with Gasteiger partial charge in [-0.15, -0.1) is 0 Å². The summed E-state index contributed by atoms with van der Waals surface area (Å²) in [5.74, 6) is -2.58. The number of aliphatic carboxylic acids is 1. The van der Waals surface area contributed by atoms with Gasteiger partial charge in [-0.05, 0) is 6.92 Å². The van der Waals surface area contributed by atoms with Crippen molar-refractivity contribution in [1.29, 1.82) is 0 Å². The zero-order chi connectivity index (χ0) is 14.9. The van der Waals surface area contributed by atoms with Gasteiger partial charge in [-0.1, -0.05) is 0 Å². The molecular formula is C12H14N2O6. The van der Waals surface area contributed by atoms with Gasteiger partial charge in [0.1, 0.15) is 17.9 Å². The number of carboxylic acid groups (broad SMARTS) is 1. The first-order valence-corrected chi connectivity index (χ1v) is 6.02. The SMILES string of the molecule is CCn1c2c(c(O)c(C(=O)NCC(=O)O)c1=O)COC2. The summed E-state index contributed by atoms with van der Waals surface area (Å²) >= 11 is 0. The van der Waals surface area contributed by atoms with E-state index in [9.17, 15) is 19.5 Å². The van der Waals surface area contributed by atoms with E-state index in [4.69, 9.17) is 9.84 Å². The second kappa shape index (κ2) is 5.33. The molecule has 0 fully saturated rings. The Bertz CT molecular complexity index is 634. The Labute approximate surface area is 113 Å². The van der Waals surface area contributed by atoms with Gasteiger partial charge in [0.15, 0.2) is 0 Å². The number of carbonyl (C=O) groups is 2. The van der Waals surface area contributed by atoms with Crippen molar-refractivity contribution in [2.24, 2.45) is 0 Å². The maximum atomic E-state index is 12.2. The van der Waals surface area contributed by atoms with Crippen LogP contribution in [-0.4, -0.2) is 33.2 Å². The fraction of sp³-hybridized carbons (Fsp3) is 0.417. The molecule has 0 bridgehead atoms. The fourth-order valence-electron chi connectivity index (χ4n) is 2.16. The molecule has 108 valence electrons. The largest absolute Gasteiger partial charge is 0.506 e. The molecule has 20 heavy (non-hydrogen) atoms. The molecule has 1 aromatic rings. The summed E-state index contributed by atoms with van der Waals surface area (Å²) in [6.45, 7) is 1.74. The Morgan fingerprint density at radius 3 is 2.70 bits per heavy atom. The Hall–Kier alpha value is -2.35. The van der Waals surface area contributed by atoms with Gasteiger partial charge in [0.05, 0.1) is 18.9 Å². The number of hydrogen-bond acceptors (Lipinski definition) is 5. The minimum atomic E-state index is -1.24. The minimum absolute atomic E-state index is 0.112. The van der Waals surface area contributed by atoms with E-state index < -0.39 is 35.3 Å². The van der Waals surface area contributed by atoms with Crippen LogP contribution in [0.3, 0.4) is 0 Å². The smallest absolute Gasteiger partial charge is 0.322 e. The number of rotatable bonds is 4. The molecule has 2 rings (SSSR count). The van der Waals surface area contributed by atoms with Crippen LogP contribution in [0.1, 0.15) is 28.5 Å². The molecule has 0 saturated carbocycles. The maximum Gasteiger partial charge on any atom is 0.322 e. The lowest BCUT2D eigenvalue weighted by Crippen LogP contribution is -2.36. The van der Waals surface area contributed by atoms with Crippen molar-refractivity contribution in [2.75, 3.05) is 6.54 Å². The molecule has 0 radical (unpaired) electrons. The number of aromatic hydroxyl groups is 1. The topological polar surface area (TPSA) is 118 Å². The van der Waals surface area contributed by atoms with Gasteiger partial charge in [-0.25, -0.2) is 0 Å². The maximum absolute atomic E-state index is 12.2. The van der Waals surface area contributed by atoms with Gasteiger partial charge >= 0.3 is 5.97 Å². The molecule has 0 aliphatic carbocycles. The van der Waals surface area contributed by atoms with Crippen LogP contribution in [0.25, 0.3) is 0 Å². The number of fused-ring (bicyclic) bond motifs is 1. The van der Waals surface area contributed by atoms with E-state index in [1.54, 1.807) is 6.92 Å². The van der Waals surface area contributed by atoms with Crippen LogP contribution < -0.4 is 10.9 Å². The molecule has 8 heteroatoms. The molecule has 1 amide bonds. The summed E-state index contributed by atoms with van der Waals surface area (Å²) in [7, 11) is 0. The van der Waals surface area contributed by atoms with E-state index in [0.29, 0.717) is 17.8 Å². The van der Waals surface area contributed by atoms with Crippen LogP contribution in [0.2, 0.25) is 0 Å². The Balaban J connectivity index is 2.51. The molecular weight excluding hydrogens is 268 g/mol. The van der Waals surface area contributed by atoms with E-state index in [2.05, 4.69) is 5.32 Å². The molecule has 0 saturated heterocycles. The summed E-state index contributed by atoms with van der Waals surface area (Å²) in [4.78, 5) is 34.5. The van der Waals surface area contributed by atoms with Crippen LogP contribution >= 0.6 is 0 Å². The lowest BCUT2D eigenvalue weighted by atomic mass is 10.1. The molecule has 1 aliphatic heterocycles. The number of amides is 1. The number of nitrogens with zero attached hydrogens (tertiary/aromatic N) is 1. The normalized spacial score (nSPS) is 13.1. The first-order chi connectivity index (χ1) is 9.47. The molecule has 0 unspecified atom stereocenters. The number of ether oxygens (including phenoxy) is 1. The Kier molecular flexibility index (Phi) is 3.75. The van der Waals surface area contributed by atoms with Gasteiger partial charge in [0, 0.05) is 12.1 Å². The highest BCUT2D eigenvalue weighted by Crippen LogP contribution is 2.29. The summed E-state index contributed by atoms with van der Waals surface area (Å²) in [5, 5.41) is 20.6. The van der Waals surface area contributed by atoms with Gasteiger partial charge in [0.2, 0.25) is 0 Å². The van der Waals surface area contributed by atoms with Gasteiger partial charge < -0.3 is 24.8 Å². The number of carbonyl (C=O) groups excluding carboxylic acids is 1. The molecule has 0 aromatic carbocycles. The predicted octanol–water partition coefficient (Wildman–Crippen LogP) is -0.582. The zero-order valence-corrected chi connectivity index (χ0v) is 10.8.